The molecule has 0 rings (SSSR count). The van der Waals surface area contributed by atoms with Gasteiger partial charge in [0.05, 0.1) is 0 Å². The van der Waals surface area contributed by atoms with E-state index in [9.17, 15) is 0 Å². The predicted molar refractivity (Wildman–Crippen MR) is 62.9 cm³/mol. The van der Waals surface area contributed by atoms with Crippen molar-refractivity contribution in [2.24, 2.45) is 0 Å². The van der Waals surface area contributed by atoms with Crippen LogP contribution in [0, 0.1) is 0 Å². The molecule has 0 amide bonds. The molecule has 72 valence electrons. The summed E-state index contributed by atoms with van der Waals surface area (Å²) in [6.45, 7) is 5.43. The SMILES string of the molecule is CCCCCNC(=S)SCCC. The van der Waals surface area contributed by atoms with Crippen molar-refractivity contribution in [3.05, 3.63) is 0 Å². The van der Waals surface area contributed by atoms with Crippen molar-refractivity contribution >= 4 is 28.3 Å². The van der Waals surface area contributed by atoms with Gasteiger partial charge >= 0.3 is 0 Å². The maximum absolute atomic E-state index is 5.12. The third kappa shape index (κ3) is 8.34. The minimum Gasteiger partial charge on any atom is -0.371 e. The second kappa shape index (κ2) is 9.33. The van der Waals surface area contributed by atoms with Crippen LogP contribution < -0.4 is 5.32 Å². The summed E-state index contributed by atoms with van der Waals surface area (Å²) in [5.41, 5.74) is 0. The molecule has 3 heteroatoms. The maximum atomic E-state index is 5.12. The van der Waals surface area contributed by atoms with E-state index in [-0.39, 0.29) is 0 Å². The fourth-order valence-electron chi connectivity index (χ4n) is 0.811. The van der Waals surface area contributed by atoms with Crippen molar-refractivity contribution in [3.8, 4) is 0 Å². The van der Waals surface area contributed by atoms with Gasteiger partial charge in [-0.1, -0.05) is 50.7 Å². The van der Waals surface area contributed by atoms with Gasteiger partial charge in [-0.15, -0.1) is 0 Å². The van der Waals surface area contributed by atoms with Crippen molar-refractivity contribution in [2.45, 2.75) is 39.5 Å². The van der Waals surface area contributed by atoms with Crippen LogP contribution in [0.3, 0.4) is 0 Å². The highest BCUT2D eigenvalue weighted by atomic mass is 32.2. The van der Waals surface area contributed by atoms with E-state index in [4.69, 9.17) is 12.2 Å². The number of hydrogen-bond acceptors (Lipinski definition) is 2. The lowest BCUT2D eigenvalue weighted by molar-refractivity contribution is 0.700. The number of nitrogens with one attached hydrogen (secondary N) is 1. The van der Waals surface area contributed by atoms with Gasteiger partial charge in [0.1, 0.15) is 4.32 Å². The third-order valence-corrected chi connectivity index (χ3v) is 3.00. The molecule has 0 aliphatic carbocycles. The van der Waals surface area contributed by atoms with Crippen LogP contribution >= 0.6 is 24.0 Å². The first kappa shape index (κ1) is 12.2. The quantitative estimate of drug-likeness (QED) is 0.528. The van der Waals surface area contributed by atoms with E-state index in [2.05, 4.69) is 19.2 Å². The fraction of sp³-hybridized carbons (Fsp3) is 0.889. The second-order valence-corrected chi connectivity index (χ2v) is 4.54. The lowest BCUT2D eigenvalue weighted by atomic mass is 10.2. The molecule has 12 heavy (non-hydrogen) atoms. The zero-order valence-corrected chi connectivity index (χ0v) is 9.69. The summed E-state index contributed by atoms with van der Waals surface area (Å²) >= 11 is 6.88. The molecule has 0 heterocycles. The molecule has 0 unspecified atom stereocenters. The van der Waals surface area contributed by atoms with Gasteiger partial charge in [-0.3, -0.25) is 0 Å². The van der Waals surface area contributed by atoms with Gasteiger partial charge in [0.15, 0.2) is 0 Å². The molecule has 1 N–H and O–H groups in total. The Morgan fingerprint density at radius 1 is 1.25 bits per heavy atom. The standard InChI is InChI=1S/C9H19NS2/c1-3-5-6-7-10-9(11)12-8-4-2/h3-8H2,1-2H3,(H,10,11). The van der Waals surface area contributed by atoms with Crippen molar-refractivity contribution in [1.82, 2.24) is 5.32 Å². The molecule has 1 nitrogen and oxygen atoms in total. The molecule has 0 aromatic rings. The molecule has 0 aliphatic rings. The van der Waals surface area contributed by atoms with E-state index in [1.54, 1.807) is 11.8 Å². The molecule has 0 aromatic heterocycles. The minimum absolute atomic E-state index is 0.966. The highest BCUT2D eigenvalue weighted by Crippen LogP contribution is 2.03. The Hall–Kier alpha value is 0.240. The fourth-order valence-corrected chi connectivity index (χ4v) is 1.76. The van der Waals surface area contributed by atoms with Gasteiger partial charge in [0.25, 0.3) is 0 Å². The van der Waals surface area contributed by atoms with E-state index in [1.807, 2.05) is 0 Å². The van der Waals surface area contributed by atoms with E-state index < -0.39 is 0 Å². The normalized spacial score (nSPS) is 9.83. The van der Waals surface area contributed by atoms with Crippen LogP contribution in [0.1, 0.15) is 39.5 Å². The summed E-state index contributed by atoms with van der Waals surface area (Å²) in [4.78, 5) is 0. The Labute approximate surface area is 85.7 Å². The second-order valence-electron chi connectivity index (χ2n) is 2.77. The number of rotatable bonds is 6. The van der Waals surface area contributed by atoms with Gasteiger partial charge in [0.2, 0.25) is 0 Å². The van der Waals surface area contributed by atoms with E-state index >= 15 is 0 Å². The number of unbranched alkanes of at least 4 members (excludes halogenated alkanes) is 2. The highest BCUT2D eigenvalue weighted by Gasteiger charge is 1.94. The Morgan fingerprint density at radius 3 is 2.58 bits per heavy atom. The first-order valence-corrected chi connectivity index (χ1v) is 6.11. The van der Waals surface area contributed by atoms with Gasteiger partial charge in [-0.25, -0.2) is 0 Å². The van der Waals surface area contributed by atoms with Crippen molar-refractivity contribution in [2.75, 3.05) is 12.3 Å². The van der Waals surface area contributed by atoms with E-state index in [0.29, 0.717) is 0 Å². The van der Waals surface area contributed by atoms with Crippen LogP contribution in [0.5, 0.6) is 0 Å². The van der Waals surface area contributed by atoms with E-state index in [0.717, 1.165) is 16.6 Å². The Balaban J connectivity index is 3.08. The average Bonchev–Trinajstić information content (AvgIpc) is 2.09. The molecule has 0 saturated carbocycles. The first-order chi connectivity index (χ1) is 5.81. The molecule has 0 saturated heterocycles. The Kier molecular flexibility index (Phi) is 9.52. The smallest absolute Gasteiger partial charge is 0.133 e. The number of thioether (sulfide) groups is 1. The molecule has 0 atom stereocenters. The number of thiocarbonyl (C=S) groups is 1. The Morgan fingerprint density at radius 2 is 2.00 bits per heavy atom. The van der Waals surface area contributed by atoms with Crippen LogP contribution in [0.2, 0.25) is 0 Å². The molecule has 0 fully saturated rings. The minimum atomic E-state index is 0.966. The van der Waals surface area contributed by atoms with Crippen LogP contribution in [-0.4, -0.2) is 16.6 Å². The van der Waals surface area contributed by atoms with Crippen LogP contribution in [0.4, 0.5) is 0 Å². The molecule has 0 radical (unpaired) electrons. The summed E-state index contributed by atoms with van der Waals surface area (Å²) in [7, 11) is 0. The average molecular weight is 205 g/mol. The summed E-state index contributed by atoms with van der Waals surface area (Å²) < 4.78 is 0.966. The van der Waals surface area contributed by atoms with E-state index in [1.165, 1.54) is 25.7 Å². The van der Waals surface area contributed by atoms with Crippen LogP contribution in [0.25, 0.3) is 0 Å². The van der Waals surface area contributed by atoms with Crippen molar-refractivity contribution in [1.29, 1.82) is 0 Å². The first-order valence-electron chi connectivity index (χ1n) is 4.71. The van der Waals surface area contributed by atoms with Crippen molar-refractivity contribution < 1.29 is 0 Å². The van der Waals surface area contributed by atoms with Crippen molar-refractivity contribution in [3.63, 3.8) is 0 Å². The zero-order valence-electron chi connectivity index (χ0n) is 8.06. The Bertz CT molecular complexity index is 115. The van der Waals surface area contributed by atoms with Crippen LogP contribution in [-0.2, 0) is 0 Å². The summed E-state index contributed by atoms with van der Waals surface area (Å²) in [5.74, 6) is 1.14. The molecule has 0 spiro atoms. The maximum Gasteiger partial charge on any atom is 0.133 e. The molecule has 0 aliphatic heterocycles. The molecular weight excluding hydrogens is 186 g/mol. The largest absolute Gasteiger partial charge is 0.371 e. The predicted octanol–water partition coefficient (Wildman–Crippen LogP) is 3.19. The van der Waals surface area contributed by atoms with Gasteiger partial charge in [-0.2, -0.15) is 0 Å². The van der Waals surface area contributed by atoms with Crippen LogP contribution in [0.15, 0.2) is 0 Å². The molecule has 0 bridgehead atoms. The lowest BCUT2D eigenvalue weighted by Gasteiger charge is -2.05. The monoisotopic (exact) mass is 205 g/mol. The van der Waals surface area contributed by atoms with Gasteiger partial charge in [0, 0.05) is 6.54 Å². The van der Waals surface area contributed by atoms with Gasteiger partial charge < -0.3 is 5.32 Å². The molecular formula is C9H19NS2. The number of hydrogen-bond donors (Lipinski definition) is 1. The summed E-state index contributed by atoms with van der Waals surface area (Å²) in [6, 6.07) is 0. The summed E-state index contributed by atoms with van der Waals surface area (Å²) in [5, 5.41) is 3.25. The third-order valence-electron chi connectivity index (χ3n) is 1.49. The lowest BCUT2D eigenvalue weighted by Crippen LogP contribution is -2.19. The summed E-state index contributed by atoms with van der Waals surface area (Å²) in [6.07, 6.45) is 5.01. The zero-order chi connectivity index (χ0) is 9.23. The topological polar surface area (TPSA) is 12.0 Å². The van der Waals surface area contributed by atoms with Gasteiger partial charge in [-0.05, 0) is 18.6 Å². The highest BCUT2D eigenvalue weighted by molar-refractivity contribution is 8.22. The molecule has 0 aromatic carbocycles.